The molecule has 0 saturated heterocycles. The first-order valence-electron chi connectivity index (χ1n) is 5.93. The van der Waals surface area contributed by atoms with Crippen LogP contribution in [-0.2, 0) is 0 Å². The second-order valence-electron chi connectivity index (χ2n) is 4.73. The Kier molecular flexibility index (Phi) is 3.74. The van der Waals surface area contributed by atoms with Crippen LogP contribution in [0.4, 0.5) is 0 Å². The van der Waals surface area contributed by atoms with E-state index >= 15 is 0 Å². The maximum Gasteiger partial charge on any atom is 0.00693 e. The Morgan fingerprint density at radius 1 is 1.00 bits per heavy atom. The van der Waals surface area contributed by atoms with E-state index < -0.39 is 0 Å². The number of benzene rings is 1. The standard InChI is InChI=1S/C14H20S/c1-11-3-5-12(6-4-11)13-7-9-14(15-2)10-8-13/h7-12H,3-6H2,1-2H3. The predicted octanol–water partition coefficient (Wildman–Crippen LogP) is 4.70. The first-order valence-corrected chi connectivity index (χ1v) is 7.16. The van der Waals surface area contributed by atoms with Gasteiger partial charge in [0.15, 0.2) is 0 Å². The molecule has 15 heavy (non-hydrogen) atoms. The van der Waals surface area contributed by atoms with Crippen LogP contribution in [0.15, 0.2) is 29.2 Å². The number of hydrogen-bond acceptors (Lipinski definition) is 1. The maximum atomic E-state index is 2.38. The highest BCUT2D eigenvalue weighted by Gasteiger charge is 2.19. The third-order valence-corrected chi connectivity index (χ3v) is 4.35. The molecule has 0 spiro atoms. The average Bonchev–Trinajstić information content (AvgIpc) is 2.30. The predicted molar refractivity (Wildman–Crippen MR) is 68.6 cm³/mol. The summed E-state index contributed by atoms with van der Waals surface area (Å²) in [5.74, 6) is 1.78. The quantitative estimate of drug-likeness (QED) is 0.651. The van der Waals surface area contributed by atoms with Crippen molar-refractivity contribution >= 4 is 11.8 Å². The zero-order valence-electron chi connectivity index (χ0n) is 9.70. The summed E-state index contributed by atoms with van der Waals surface area (Å²) in [6.45, 7) is 2.38. The minimum absolute atomic E-state index is 0.831. The van der Waals surface area contributed by atoms with E-state index in [1.165, 1.54) is 30.6 Å². The monoisotopic (exact) mass is 220 g/mol. The highest BCUT2D eigenvalue weighted by atomic mass is 32.2. The Morgan fingerprint density at radius 2 is 1.60 bits per heavy atom. The van der Waals surface area contributed by atoms with E-state index in [-0.39, 0.29) is 0 Å². The van der Waals surface area contributed by atoms with Gasteiger partial charge >= 0.3 is 0 Å². The van der Waals surface area contributed by atoms with Gasteiger partial charge in [0.2, 0.25) is 0 Å². The Labute approximate surface area is 97.5 Å². The molecule has 1 aromatic carbocycles. The van der Waals surface area contributed by atoms with Crippen molar-refractivity contribution < 1.29 is 0 Å². The SMILES string of the molecule is CSc1ccc(C2CCC(C)CC2)cc1. The van der Waals surface area contributed by atoms with Crippen LogP contribution in [0.3, 0.4) is 0 Å². The Morgan fingerprint density at radius 3 is 2.13 bits per heavy atom. The molecule has 0 unspecified atom stereocenters. The summed E-state index contributed by atoms with van der Waals surface area (Å²) in [4.78, 5) is 1.38. The fourth-order valence-corrected chi connectivity index (χ4v) is 2.88. The third-order valence-electron chi connectivity index (χ3n) is 3.60. The van der Waals surface area contributed by atoms with Crippen molar-refractivity contribution in [3.63, 3.8) is 0 Å². The van der Waals surface area contributed by atoms with Gasteiger partial charge in [0.25, 0.3) is 0 Å². The van der Waals surface area contributed by atoms with Crippen molar-refractivity contribution in [1.29, 1.82) is 0 Å². The van der Waals surface area contributed by atoms with Gasteiger partial charge in [-0.1, -0.05) is 31.9 Å². The van der Waals surface area contributed by atoms with Gasteiger partial charge in [-0.15, -0.1) is 11.8 Å². The average molecular weight is 220 g/mol. The first kappa shape index (κ1) is 11.1. The smallest absolute Gasteiger partial charge is 0.00693 e. The van der Waals surface area contributed by atoms with Crippen molar-refractivity contribution in [3.05, 3.63) is 29.8 Å². The van der Waals surface area contributed by atoms with Gasteiger partial charge in [0.05, 0.1) is 0 Å². The summed E-state index contributed by atoms with van der Waals surface area (Å²) < 4.78 is 0. The van der Waals surface area contributed by atoms with Gasteiger partial charge in [-0.25, -0.2) is 0 Å². The molecule has 0 aliphatic heterocycles. The Balaban J connectivity index is 2.03. The molecule has 1 aliphatic rings. The van der Waals surface area contributed by atoms with Crippen LogP contribution in [0.25, 0.3) is 0 Å². The molecular weight excluding hydrogens is 200 g/mol. The largest absolute Gasteiger partial charge is 0.130 e. The third kappa shape index (κ3) is 2.78. The molecule has 0 amide bonds. The minimum Gasteiger partial charge on any atom is -0.130 e. The van der Waals surface area contributed by atoms with Crippen LogP contribution >= 0.6 is 11.8 Å². The zero-order chi connectivity index (χ0) is 10.7. The van der Waals surface area contributed by atoms with E-state index in [0.29, 0.717) is 0 Å². The second-order valence-corrected chi connectivity index (χ2v) is 5.61. The van der Waals surface area contributed by atoms with Crippen molar-refractivity contribution in [2.45, 2.75) is 43.4 Å². The fourth-order valence-electron chi connectivity index (χ4n) is 2.47. The lowest BCUT2D eigenvalue weighted by Gasteiger charge is -2.26. The van der Waals surface area contributed by atoms with Crippen LogP contribution in [0.2, 0.25) is 0 Å². The van der Waals surface area contributed by atoms with E-state index in [4.69, 9.17) is 0 Å². The lowest BCUT2D eigenvalue weighted by Crippen LogP contribution is -2.10. The molecule has 1 saturated carbocycles. The highest BCUT2D eigenvalue weighted by Crippen LogP contribution is 2.35. The van der Waals surface area contributed by atoms with Crippen molar-refractivity contribution in [2.24, 2.45) is 5.92 Å². The molecule has 1 aromatic rings. The van der Waals surface area contributed by atoms with Gasteiger partial charge in [0.1, 0.15) is 0 Å². The molecule has 1 fully saturated rings. The van der Waals surface area contributed by atoms with E-state index in [9.17, 15) is 0 Å². The maximum absolute atomic E-state index is 2.38. The lowest BCUT2D eigenvalue weighted by molar-refractivity contribution is 0.348. The lowest BCUT2D eigenvalue weighted by atomic mass is 9.79. The summed E-state index contributed by atoms with van der Waals surface area (Å²) in [6.07, 6.45) is 7.74. The van der Waals surface area contributed by atoms with Crippen LogP contribution in [-0.4, -0.2) is 6.26 Å². The highest BCUT2D eigenvalue weighted by molar-refractivity contribution is 7.98. The zero-order valence-corrected chi connectivity index (χ0v) is 10.5. The summed E-state index contributed by atoms with van der Waals surface area (Å²) in [6, 6.07) is 9.18. The van der Waals surface area contributed by atoms with Crippen LogP contribution < -0.4 is 0 Å². The topological polar surface area (TPSA) is 0 Å². The summed E-state index contributed by atoms with van der Waals surface area (Å²) in [7, 11) is 0. The molecule has 0 heterocycles. The van der Waals surface area contributed by atoms with Gasteiger partial charge in [-0.2, -0.15) is 0 Å². The molecule has 82 valence electrons. The van der Waals surface area contributed by atoms with E-state index in [2.05, 4.69) is 37.4 Å². The summed E-state index contributed by atoms with van der Waals surface area (Å²) >= 11 is 1.82. The molecule has 2 rings (SSSR count). The fraction of sp³-hybridized carbons (Fsp3) is 0.571. The molecule has 1 heteroatoms. The van der Waals surface area contributed by atoms with Crippen molar-refractivity contribution in [1.82, 2.24) is 0 Å². The molecule has 0 bridgehead atoms. The Hall–Kier alpha value is -0.430. The van der Waals surface area contributed by atoms with Gasteiger partial charge in [-0.05, 0) is 48.6 Å². The minimum atomic E-state index is 0.831. The van der Waals surface area contributed by atoms with E-state index in [1.807, 2.05) is 11.8 Å². The molecular formula is C14H20S. The molecule has 0 nitrogen and oxygen atoms in total. The number of rotatable bonds is 2. The first-order chi connectivity index (χ1) is 7.29. The molecule has 0 aromatic heterocycles. The molecule has 1 aliphatic carbocycles. The Bertz CT molecular complexity index is 294. The second kappa shape index (κ2) is 5.07. The van der Waals surface area contributed by atoms with E-state index in [0.717, 1.165) is 11.8 Å². The van der Waals surface area contributed by atoms with Crippen LogP contribution in [0, 0.1) is 5.92 Å². The van der Waals surface area contributed by atoms with Gasteiger partial charge < -0.3 is 0 Å². The van der Waals surface area contributed by atoms with Gasteiger partial charge in [-0.3, -0.25) is 0 Å². The van der Waals surface area contributed by atoms with Crippen molar-refractivity contribution in [2.75, 3.05) is 6.26 Å². The van der Waals surface area contributed by atoms with Crippen LogP contribution in [0.1, 0.15) is 44.1 Å². The summed E-state index contributed by atoms with van der Waals surface area (Å²) in [5.41, 5.74) is 1.56. The van der Waals surface area contributed by atoms with Crippen LogP contribution in [0.5, 0.6) is 0 Å². The summed E-state index contributed by atoms with van der Waals surface area (Å²) in [5, 5.41) is 0. The molecule has 0 N–H and O–H groups in total. The number of thioether (sulfide) groups is 1. The van der Waals surface area contributed by atoms with Gasteiger partial charge in [0, 0.05) is 4.90 Å². The molecule has 0 atom stereocenters. The normalized spacial score (nSPS) is 26.5. The number of hydrogen-bond donors (Lipinski definition) is 0. The molecule has 0 radical (unpaired) electrons. The van der Waals surface area contributed by atoms with E-state index in [1.54, 1.807) is 5.56 Å². The van der Waals surface area contributed by atoms with Crippen molar-refractivity contribution in [3.8, 4) is 0 Å².